The maximum Gasteiger partial charge on any atom is 0.252 e. The third-order valence-corrected chi connectivity index (χ3v) is 5.53. The Labute approximate surface area is 162 Å². The van der Waals surface area contributed by atoms with Gasteiger partial charge in [-0.15, -0.1) is 0 Å². The molecule has 1 atom stereocenters. The number of nitrogens with one attached hydrogen (secondary N) is 2. The standard InChI is InChI=1S/C22H21N5O/c1-14-5-4-6-15-11-16(22(28)26-19(14)15)12-27-10-8-17-20(25-13-24-17)21(27)18-7-2-3-9-23-18/h2-7,9,11,13,21H,8,10,12H2,1H3,(H,24,25)(H,26,28)/t21-/m1/s1. The van der Waals surface area contributed by atoms with Crippen LogP contribution in [0.1, 0.15) is 34.3 Å². The lowest BCUT2D eigenvalue weighted by molar-refractivity contribution is 0.196. The van der Waals surface area contributed by atoms with Gasteiger partial charge in [0, 0.05) is 37.0 Å². The minimum atomic E-state index is -0.0659. The summed E-state index contributed by atoms with van der Waals surface area (Å²) >= 11 is 0. The summed E-state index contributed by atoms with van der Waals surface area (Å²) in [5, 5.41) is 1.06. The first kappa shape index (κ1) is 16.9. The second-order valence-corrected chi connectivity index (χ2v) is 7.31. The van der Waals surface area contributed by atoms with E-state index in [4.69, 9.17) is 0 Å². The molecule has 1 aromatic carbocycles. The molecule has 5 rings (SSSR count). The van der Waals surface area contributed by atoms with Crippen molar-refractivity contribution in [1.82, 2.24) is 24.8 Å². The highest BCUT2D eigenvalue weighted by Gasteiger charge is 2.32. The summed E-state index contributed by atoms with van der Waals surface area (Å²) in [7, 11) is 0. The number of fused-ring (bicyclic) bond motifs is 2. The molecule has 140 valence electrons. The van der Waals surface area contributed by atoms with Crippen molar-refractivity contribution in [2.45, 2.75) is 25.9 Å². The monoisotopic (exact) mass is 371 g/mol. The molecule has 0 unspecified atom stereocenters. The number of pyridine rings is 2. The lowest BCUT2D eigenvalue weighted by atomic mass is 9.98. The normalized spacial score (nSPS) is 17.0. The molecule has 4 heterocycles. The van der Waals surface area contributed by atoms with E-state index in [9.17, 15) is 4.79 Å². The quantitative estimate of drug-likeness (QED) is 0.580. The van der Waals surface area contributed by atoms with Gasteiger partial charge in [-0.05, 0) is 36.1 Å². The Hall–Kier alpha value is -3.25. The van der Waals surface area contributed by atoms with E-state index in [1.807, 2.05) is 49.4 Å². The van der Waals surface area contributed by atoms with Crippen LogP contribution in [0.2, 0.25) is 0 Å². The van der Waals surface area contributed by atoms with Crippen molar-refractivity contribution < 1.29 is 0 Å². The van der Waals surface area contributed by atoms with Gasteiger partial charge in [-0.25, -0.2) is 4.98 Å². The molecule has 0 radical (unpaired) electrons. The predicted molar refractivity (Wildman–Crippen MR) is 108 cm³/mol. The highest BCUT2D eigenvalue weighted by atomic mass is 16.1. The molecule has 0 bridgehead atoms. The Morgan fingerprint density at radius 1 is 1.18 bits per heavy atom. The topological polar surface area (TPSA) is 77.7 Å². The van der Waals surface area contributed by atoms with Crippen LogP contribution in [-0.2, 0) is 13.0 Å². The minimum Gasteiger partial charge on any atom is -0.348 e. The van der Waals surface area contributed by atoms with Crippen molar-refractivity contribution in [2.24, 2.45) is 0 Å². The number of hydrogen-bond acceptors (Lipinski definition) is 4. The van der Waals surface area contributed by atoms with Crippen LogP contribution in [0.25, 0.3) is 10.9 Å². The highest BCUT2D eigenvalue weighted by molar-refractivity contribution is 5.81. The Bertz CT molecular complexity index is 1190. The number of aromatic amines is 2. The number of para-hydroxylation sites is 1. The van der Waals surface area contributed by atoms with E-state index < -0.39 is 0 Å². The van der Waals surface area contributed by atoms with E-state index in [2.05, 4.69) is 24.8 Å². The number of aryl methyl sites for hydroxylation is 1. The number of aromatic nitrogens is 4. The second kappa shape index (κ2) is 6.73. The van der Waals surface area contributed by atoms with Gasteiger partial charge in [-0.1, -0.05) is 24.3 Å². The van der Waals surface area contributed by atoms with E-state index in [-0.39, 0.29) is 11.6 Å². The van der Waals surface area contributed by atoms with Crippen molar-refractivity contribution in [3.63, 3.8) is 0 Å². The van der Waals surface area contributed by atoms with E-state index in [0.29, 0.717) is 6.54 Å². The fourth-order valence-electron chi connectivity index (χ4n) is 4.12. The molecule has 0 amide bonds. The lowest BCUT2D eigenvalue weighted by Crippen LogP contribution is -2.37. The Balaban J connectivity index is 1.56. The SMILES string of the molecule is Cc1cccc2cc(CN3CCc4[nH]cnc4[C@H]3c3ccccn3)c(=O)[nH]c12. The Morgan fingerprint density at radius 2 is 2.11 bits per heavy atom. The zero-order valence-corrected chi connectivity index (χ0v) is 15.6. The van der Waals surface area contributed by atoms with Crippen molar-refractivity contribution in [2.75, 3.05) is 6.54 Å². The third-order valence-electron chi connectivity index (χ3n) is 5.53. The molecule has 4 aromatic rings. The third kappa shape index (κ3) is 2.82. The van der Waals surface area contributed by atoms with Crippen LogP contribution < -0.4 is 5.56 Å². The first-order valence-electron chi connectivity index (χ1n) is 9.49. The predicted octanol–water partition coefficient (Wildman–Crippen LogP) is 3.10. The molecule has 0 aliphatic carbocycles. The van der Waals surface area contributed by atoms with Gasteiger partial charge in [0.15, 0.2) is 0 Å². The second-order valence-electron chi connectivity index (χ2n) is 7.31. The van der Waals surface area contributed by atoms with Crippen LogP contribution in [0.15, 0.2) is 59.8 Å². The van der Waals surface area contributed by atoms with Crippen molar-refractivity contribution in [3.05, 3.63) is 93.6 Å². The zero-order chi connectivity index (χ0) is 19.1. The number of benzene rings is 1. The maximum atomic E-state index is 12.8. The van der Waals surface area contributed by atoms with Crippen LogP contribution in [0, 0.1) is 6.92 Å². The first-order chi connectivity index (χ1) is 13.7. The van der Waals surface area contributed by atoms with Gasteiger partial charge < -0.3 is 9.97 Å². The van der Waals surface area contributed by atoms with Crippen molar-refractivity contribution in [1.29, 1.82) is 0 Å². The smallest absolute Gasteiger partial charge is 0.252 e. The molecule has 6 nitrogen and oxygen atoms in total. The van der Waals surface area contributed by atoms with Crippen molar-refractivity contribution >= 4 is 10.9 Å². The fourth-order valence-corrected chi connectivity index (χ4v) is 4.12. The van der Waals surface area contributed by atoms with Gasteiger partial charge in [0.2, 0.25) is 0 Å². The van der Waals surface area contributed by atoms with Gasteiger partial charge in [0.1, 0.15) is 0 Å². The lowest BCUT2D eigenvalue weighted by Gasteiger charge is -2.34. The van der Waals surface area contributed by atoms with Gasteiger partial charge in [0.05, 0.1) is 29.3 Å². The fraction of sp³-hybridized carbons (Fsp3) is 0.227. The van der Waals surface area contributed by atoms with E-state index in [0.717, 1.165) is 52.1 Å². The molecule has 3 aromatic heterocycles. The Kier molecular flexibility index (Phi) is 4.06. The molecule has 0 saturated carbocycles. The number of rotatable bonds is 3. The molecule has 0 saturated heterocycles. The summed E-state index contributed by atoms with van der Waals surface area (Å²) in [6.45, 7) is 3.40. The Morgan fingerprint density at radius 3 is 2.96 bits per heavy atom. The van der Waals surface area contributed by atoms with Gasteiger partial charge in [-0.3, -0.25) is 14.7 Å². The van der Waals surface area contributed by atoms with Crippen LogP contribution in [0.3, 0.4) is 0 Å². The molecular formula is C22H21N5O. The summed E-state index contributed by atoms with van der Waals surface area (Å²) in [5.74, 6) is 0. The molecule has 6 heteroatoms. The molecule has 0 spiro atoms. The molecular weight excluding hydrogens is 350 g/mol. The summed E-state index contributed by atoms with van der Waals surface area (Å²) in [6, 6.07) is 14.0. The van der Waals surface area contributed by atoms with Gasteiger partial charge in [0.25, 0.3) is 5.56 Å². The average molecular weight is 371 g/mol. The van der Waals surface area contributed by atoms with Crippen LogP contribution in [0.4, 0.5) is 0 Å². The molecule has 1 aliphatic heterocycles. The number of nitrogens with zero attached hydrogens (tertiary/aromatic N) is 3. The molecule has 2 N–H and O–H groups in total. The molecule has 28 heavy (non-hydrogen) atoms. The van der Waals surface area contributed by atoms with Crippen LogP contribution in [0.5, 0.6) is 0 Å². The largest absolute Gasteiger partial charge is 0.348 e. The summed E-state index contributed by atoms with van der Waals surface area (Å²) < 4.78 is 0. The minimum absolute atomic E-state index is 0.0330. The van der Waals surface area contributed by atoms with E-state index >= 15 is 0 Å². The average Bonchev–Trinajstić information content (AvgIpc) is 3.19. The molecule has 0 fully saturated rings. The van der Waals surface area contributed by atoms with E-state index in [1.165, 1.54) is 0 Å². The summed E-state index contributed by atoms with van der Waals surface area (Å²) in [6.07, 6.45) is 4.43. The van der Waals surface area contributed by atoms with Crippen LogP contribution >= 0.6 is 0 Å². The first-order valence-corrected chi connectivity index (χ1v) is 9.49. The van der Waals surface area contributed by atoms with Crippen LogP contribution in [-0.4, -0.2) is 31.4 Å². The van der Waals surface area contributed by atoms with Gasteiger partial charge >= 0.3 is 0 Å². The summed E-state index contributed by atoms with van der Waals surface area (Å²) in [4.78, 5) is 30.5. The van der Waals surface area contributed by atoms with Crippen molar-refractivity contribution in [3.8, 4) is 0 Å². The number of imidazole rings is 1. The highest BCUT2D eigenvalue weighted by Crippen LogP contribution is 2.33. The van der Waals surface area contributed by atoms with Gasteiger partial charge in [-0.2, -0.15) is 0 Å². The summed E-state index contributed by atoms with van der Waals surface area (Å²) in [5.41, 5.74) is 5.81. The number of H-pyrrole nitrogens is 2. The van der Waals surface area contributed by atoms with E-state index in [1.54, 1.807) is 12.5 Å². The maximum absolute atomic E-state index is 12.8. The number of hydrogen-bond donors (Lipinski definition) is 2. The molecule has 1 aliphatic rings. The zero-order valence-electron chi connectivity index (χ0n) is 15.6.